The Morgan fingerprint density at radius 1 is 1.40 bits per heavy atom. The van der Waals surface area contributed by atoms with Crippen molar-refractivity contribution in [2.45, 2.75) is 19.8 Å². The van der Waals surface area contributed by atoms with Gasteiger partial charge in [0, 0.05) is 5.56 Å². The third kappa shape index (κ3) is 3.06. The molecule has 0 atom stereocenters. The van der Waals surface area contributed by atoms with E-state index in [0.717, 1.165) is 5.56 Å². The van der Waals surface area contributed by atoms with Crippen LogP contribution in [0.15, 0.2) is 18.2 Å². The second kappa shape index (κ2) is 4.94. The molecular weight excluding hydrogens is 190 g/mol. The van der Waals surface area contributed by atoms with Crippen molar-refractivity contribution >= 4 is 5.78 Å². The Morgan fingerprint density at radius 3 is 2.60 bits per heavy atom. The van der Waals surface area contributed by atoms with Gasteiger partial charge >= 0.3 is 0 Å². The quantitative estimate of drug-likeness (QED) is 0.741. The number of rotatable bonds is 4. The molecule has 0 aliphatic rings. The van der Waals surface area contributed by atoms with E-state index in [4.69, 9.17) is 0 Å². The molecule has 0 saturated carbocycles. The summed E-state index contributed by atoms with van der Waals surface area (Å²) in [5, 5.41) is 12.3. The molecule has 0 unspecified atom stereocenters. The van der Waals surface area contributed by atoms with Gasteiger partial charge in [0.25, 0.3) is 0 Å². The summed E-state index contributed by atoms with van der Waals surface area (Å²) in [6.07, 6.45) is 0. The van der Waals surface area contributed by atoms with Crippen LogP contribution in [0.1, 0.15) is 35.7 Å². The molecule has 0 spiro atoms. The standard InChI is InChI=1S/C12H17NO2/c1-8(2)9-4-10(6-11(14)5-9)12(15)7-13-3/h4-6,8,13-14H,7H2,1-3H3. The van der Waals surface area contributed by atoms with Crippen molar-refractivity contribution in [3.8, 4) is 5.75 Å². The van der Waals surface area contributed by atoms with Gasteiger partial charge < -0.3 is 10.4 Å². The molecule has 1 aromatic rings. The minimum absolute atomic E-state index is 0.00435. The second-order valence-corrected chi connectivity index (χ2v) is 3.92. The first-order chi connectivity index (χ1) is 7.04. The van der Waals surface area contributed by atoms with Crippen LogP contribution in [-0.4, -0.2) is 24.5 Å². The normalized spacial score (nSPS) is 10.7. The molecule has 82 valence electrons. The van der Waals surface area contributed by atoms with Crippen LogP contribution in [0.3, 0.4) is 0 Å². The third-order valence-electron chi connectivity index (χ3n) is 2.27. The highest BCUT2D eigenvalue weighted by Gasteiger charge is 2.09. The molecule has 2 N–H and O–H groups in total. The first-order valence-electron chi connectivity index (χ1n) is 5.06. The highest BCUT2D eigenvalue weighted by Crippen LogP contribution is 2.22. The fraction of sp³-hybridized carbons (Fsp3) is 0.417. The number of benzene rings is 1. The smallest absolute Gasteiger partial charge is 0.176 e. The van der Waals surface area contributed by atoms with Gasteiger partial charge in [0.15, 0.2) is 5.78 Å². The van der Waals surface area contributed by atoms with Gasteiger partial charge in [0.1, 0.15) is 5.75 Å². The Morgan fingerprint density at radius 2 is 2.07 bits per heavy atom. The number of nitrogens with one attached hydrogen (secondary N) is 1. The Hall–Kier alpha value is -1.35. The zero-order chi connectivity index (χ0) is 11.4. The van der Waals surface area contributed by atoms with E-state index in [-0.39, 0.29) is 11.5 Å². The van der Waals surface area contributed by atoms with Crippen molar-refractivity contribution in [1.29, 1.82) is 0 Å². The van der Waals surface area contributed by atoms with Gasteiger partial charge in [-0.15, -0.1) is 0 Å². The molecule has 0 heterocycles. The van der Waals surface area contributed by atoms with Gasteiger partial charge in [-0.1, -0.05) is 13.8 Å². The maximum atomic E-state index is 11.6. The van der Waals surface area contributed by atoms with Crippen molar-refractivity contribution in [3.05, 3.63) is 29.3 Å². The average molecular weight is 207 g/mol. The average Bonchev–Trinajstić information content (AvgIpc) is 2.17. The van der Waals surface area contributed by atoms with Gasteiger partial charge in [-0.05, 0) is 36.7 Å². The van der Waals surface area contributed by atoms with Gasteiger partial charge in [-0.25, -0.2) is 0 Å². The molecule has 1 aromatic carbocycles. The summed E-state index contributed by atoms with van der Waals surface area (Å²) in [6.45, 7) is 4.35. The molecule has 1 rings (SSSR count). The van der Waals surface area contributed by atoms with E-state index in [1.807, 2.05) is 19.9 Å². The minimum Gasteiger partial charge on any atom is -0.508 e. The highest BCUT2D eigenvalue weighted by molar-refractivity contribution is 5.98. The number of carbonyl (C=O) groups excluding carboxylic acids is 1. The van der Waals surface area contributed by atoms with E-state index in [9.17, 15) is 9.90 Å². The van der Waals surface area contributed by atoms with Gasteiger partial charge in [-0.3, -0.25) is 4.79 Å². The second-order valence-electron chi connectivity index (χ2n) is 3.92. The first kappa shape index (κ1) is 11.7. The molecule has 0 amide bonds. The Balaban J connectivity index is 3.03. The molecule has 15 heavy (non-hydrogen) atoms. The number of ketones is 1. The molecule has 0 saturated heterocycles. The topological polar surface area (TPSA) is 49.3 Å². The van der Waals surface area contributed by atoms with Crippen molar-refractivity contribution in [1.82, 2.24) is 5.32 Å². The highest BCUT2D eigenvalue weighted by atomic mass is 16.3. The lowest BCUT2D eigenvalue weighted by molar-refractivity contribution is 0.0993. The summed E-state index contributed by atoms with van der Waals surface area (Å²) in [5.41, 5.74) is 1.54. The van der Waals surface area contributed by atoms with Crippen LogP contribution in [0.4, 0.5) is 0 Å². The van der Waals surface area contributed by atoms with E-state index < -0.39 is 0 Å². The molecule has 0 aromatic heterocycles. The predicted octanol–water partition coefficient (Wildman–Crippen LogP) is 1.92. The van der Waals surface area contributed by atoms with Crippen molar-refractivity contribution in [3.63, 3.8) is 0 Å². The van der Waals surface area contributed by atoms with Crippen LogP contribution in [0.5, 0.6) is 5.75 Å². The maximum absolute atomic E-state index is 11.6. The first-order valence-corrected chi connectivity index (χ1v) is 5.06. The largest absolute Gasteiger partial charge is 0.508 e. The maximum Gasteiger partial charge on any atom is 0.176 e. The molecule has 0 fully saturated rings. The van der Waals surface area contributed by atoms with Crippen LogP contribution >= 0.6 is 0 Å². The fourth-order valence-corrected chi connectivity index (χ4v) is 1.39. The summed E-state index contributed by atoms with van der Waals surface area (Å²) in [7, 11) is 1.73. The lowest BCUT2D eigenvalue weighted by Crippen LogP contribution is -2.18. The molecule has 0 aliphatic heterocycles. The van der Waals surface area contributed by atoms with Crippen molar-refractivity contribution in [2.24, 2.45) is 0 Å². The molecule has 0 radical (unpaired) electrons. The number of aromatic hydroxyl groups is 1. The molecule has 3 nitrogen and oxygen atoms in total. The lowest BCUT2D eigenvalue weighted by Gasteiger charge is -2.08. The zero-order valence-electron chi connectivity index (χ0n) is 9.37. The Kier molecular flexibility index (Phi) is 3.86. The number of hydrogen-bond donors (Lipinski definition) is 2. The van der Waals surface area contributed by atoms with E-state index in [1.165, 1.54) is 6.07 Å². The number of carbonyl (C=O) groups is 1. The number of hydrogen-bond acceptors (Lipinski definition) is 3. The van der Waals surface area contributed by atoms with Crippen LogP contribution < -0.4 is 5.32 Å². The molecule has 0 aliphatic carbocycles. The van der Waals surface area contributed by atoms with Crippen LogP contribution in [-0.2, 0) is 0 Å². The number of phenols is 1. The summed E-state index contributed by atoms with van der Waals surface area (Å²) >= 11 is 0. The third-order valence-corrected chi connectivity index (χ3v) is 2.27. The number of phenolic OH excluding ortho intramolecular Hbond substituents is 1. The monoisotopic (exact) mass is 207 g/mol. The summed E-state index contributed by atoms with van der Waals surface area (Å²) < 4.78 is 0. The van der Waals surface area contributed by atoms with Gasteiger partial charge in [0.2, 0.25) is 0 Å². The molecule has 3 heteroatoms. The number of Topliss-reactive ketones (excluding diaryl/α,β-unsaturated/α-hetero) is 1. The fourth-order valence-electron chi connectivity index (χ4n) is 1.39. The predicted molar refractivity (Wildman–Crippen MR) is 60.5 cm³/mol. The van der Waals surface area contributed by atoms with E-state index in [0.29, 0.717) is 18.0 Å². The summed E-state index contributed by atoms with van der Waals surface area (Å²) in [6, 6.07) is 5.04. The van der Waals surface area contributed by atoms with E-state index >= 15 is 0 Å². The lowest BCUT2D eigenvalue weighted by atomic mass is 9.99. The zero-order valence-corrected chi connectivity index (χ0v) is 9.37. The number of likely N-dealkylation sites (N-methyl/N-ethyl adjacent to an activating group) is 1. The van der Waals surface area contributed by atoms with E-state index in [1.54, 1.807) is 13.1 Å². The van der Waals surface area contributed by atoms with Crippen LogP contribution in [0, 0.1) is 0 Å². The van der Waals surface area contributed by atoms with Crippen molar-refractivity contribution < 1.29 is 9.90 Å². The van der Waals surface area contributed by atoms with Crippen LogP contribution in [0.25, 0.3) is 0 Å². The summed E-state index contributed by atoms with van der Waals surface area (Å²) in [4.78, 5) is 11.6. The molecular formula is C12H17NO2. The summed E-state index contributed by atoms with van der Waals surface area (Å²) in [5.74, 6) is 0.453. The van der Waals surface area contributed by atoms with Gasteiger partial charge in [0.05, 0.1) is 6.54 Å². The molecule has 0 bridgehead atoms. The van der Waals surface area contributed by atoms with Crippen molar-refractivity contribution in [2.75, 3.05) is 13.6 Å². The van der Waals surface area contributed by atoms with Crippen LogP contribution in [0.2, 0.25) is 0 Å². The van der Waals surface area contributed by atoms with E-state index in [2.05, 4.69) is 5.32 Å². The minimum atomic E-state index is -0.00435. The van der Waals surface area contributed by atoms with Gasteiger partial charge in [-0.2, -0.15) is 0 Å². The Labute approximate surface area is 90.1 Å². The Bertz CT molecular complexity index is 359. The SMILES string of the molecule is CNCC(=O)c1cc(O)cc(C(C)C)c1.